The van der Waals surface area contributed by atoms with E-state index >= 15 is 0 Å². The van der Waals surface area contributed by atoms with Crippen molar-refractivity contribution in [3.05, 3.63) is 136 Å². The Balaban J connectivity index is 1.30. The molecule has 2 heterocycles. The van der Waals surface area contributed by atoms with E-state index in [0.717, 1.165) is 45.1 Å². The largest absolute Gasteiger partial charge is 0.300 e. The molecule has 0 bridgehead atoms. The number of carbonyl (C=O) groups is 1. The van der Waals surface area contributed by atoms with Gasteiger partial charge in [-0.15, -0.1) is 0 Å². The predicted octanol–water partition coefficient (Wildman–Crippen LogP) is 7.88. The Morgan fingerprint density at radius 3 is 2.39 bits per heavy atom. The average molecular weight is 515 g/mol. The fourth-order valence-electron chi connectivity index (χ4n) is 4.70. The van der Waals surface area contributed by atoms with Crippen LogP contribution in [0.15, 0.2) is 124 Å². The number of thioether (sulfide) groups is 1. The summed E-state index contributed by atoms with van der Waals surface area (Å²) in [6.45, 7) is 2.03. The van der Waals surface area contributed by atoms with Crippen molar-refractivity contribution in [2.75, 3.05) is 5.01 Å². The SMILES string of the molecule is Cc1cccc(N=C2NC(=O)SC2=Cc2ccc(N3N=C(c4ccccc4)CC3c3ccccc3)cc2)c1. The van der Waals surface area contributed by atoms with Gasteiger partial charge in [0.1, 0.15) is 5.84 Å². The van der Waals surface area contributed by atoms with Crippen LogP contribution in [0.1, 0.15) is 34.7 Å². The summed E-state index contributed by atoms with van der Waals surface area (Å²) in [7, 11) is 0. The van der Waals surface area contributed by atoms with E-state index in [2.05, 4.69) is 88.1 Å². The Morgan fingerprint density at radius 2 is 1.66 bits per heavy atom. The highest BCUT2D eigenvalue weighted by Gasteiger charge is 2.30. The number of carbonyl (C=O) groups excluding carboxylic acids is 1. The first kappa shape index (κ1) is 23.9. The molecule has 186 valence electrons. The van der Waals surface area contributed by atoms with E-state index in [1.807, 2.05) is 49.4 Å². The van der Waals surface area contributed by atoms with Gasteiger partial charge in [-0.05, 0) is 71.3 Å². The van der Waals surface area contributed by atoms with Crippen LogP contribution in [0, 0.1) is 6.92 Å². The molecule has 1 amide bonds. The summed E-state index contributed by atoms with van der Waals surface area (Å²) in [5, 5.41) is 9.92. The molecule has 0 spiro atoms. The van der Waals surface area contributed by atoms with E-state index in [4.69, 9.17) is 5.10 Å². The van der Waals surface area contributed by atoms with Gasteiger partial charge in [-0.25, -0.2) is 4.99 Å². The molecule has 2 aliphatic rings. The number of hydrazone groups is 1. The lowest BCUT2D eigenvalue weighted by molar-refractivity contribution is 0.265. The van der Waals surface area contributed by atoms with Gasteiger partial charge in [0.05, 0.1) is 28.0 Å². The van der Waals surface area contributed by atoms with Crippen LogP contribution in [0.4, 0.5) is 16.2 Å². The highest BCUT2D eigenvalue weighted by molar-refractivity contribution is 8.18. The van der Waals surface area contributed by atoms with Gasteiger partial charge in [-0.2, -0.15) is 5.10 Å². The molecule has 1 unspecified atom stereocenters. The van der Waals surface area contributed by atoms with E-state index in [-0.39, 0.29) is 11.3 Å². The number of nitrogens with zero attached hydrogens (tertiary/aromatic N) is 3. The standard InChI is InChI=1S/C32H26N4OS/c1-22-9-8-14-26(19-22)33-31-30(38-32(37)34-31)20-23-15-17-27(18-16-23)36-29(25-12-6-3-7-13-25)21-28(35-36)24-10-4-2-5-11-24/h2-20,29H,21H2,1H3,(H,33,34,37). The molecule has 6 rings (SSSR count). The summed E-state index contributed by atoms with van der Waals surface area (Å²) in [6.07, 6.45) is 2.83. The summed E-state index contributed by atoms with van der Waals surface area (Å²) in [6, 6.07) is 37.2. The second kappa shape index (κ2) is 10.5. The molecule has 1 fully saturated rings. The van der Waals surface area contributed by atoms with Crippen LogP contribution in [-0.4, -0.2) is 16.8 Å². The topological polar surface area (TPSA) is 57.1 Å². The van der Waals surface area contributed by atoms with Crippen LogP contribution in [0.2, 0.25) is 0 Å². The lowest BCUT2D eigenvalue weighted by atomic mass is 9.98. The Morgan fingerprint density at radius 1 is 0.921 bits per heavy atom. The molecule has 5 nitrogen and oxygen atoms in total. The molecule has 4 aromatic carbocycles. The number of amides is 1. The Bertz CT molecular complexity index is 1560. The van der Waals surface area contributed by atoms with E-state index < -0.39 is 0 Å². The summed E-state index contributed by atoms with van der Waals surface area (Å²) in [4.78, 5) is 17.6. The maximum absolute atomic E-state index is 12.2. The van der Waals surface area contributed by atoms with Crippen molar-refractivity contribution in [1.29, 1.82) is 0 Å². The van der Waals surface area contributed by atoms with E-state index in [1.165, 1.54) is 17.3 Å². The molecular weight excluding hydrogens is 488 g/mol. The number of hydrogen-bond acceptors (Lipinski definition) is 5. The van der Waals surface area contributed by atoms with Gasteiger partial charge in [0.25, 0.3) is 5.24 Å². The number of anilines is 1. The van der Waals surface area contributed by atoms with Gasteiger partial charge in [-0.1, -0.05) is 84.9 Å². The van der Waals surface area contributed by atoms with Crippen molar-refractivity contribution in [1.82, 2.24) is 5.32 Å². The van der Waals surface area contributed by atoms with E-state index in [1.54, 1.807) is 0 Å². The summed E-state index contributed by atoms with van der Waals surface area (Å²) in [5.74, 6) is 0.579. The van der Waals surface area contributed by atoms with Crippen molar-refractivity contribution in [2.45, 2.75) is 19.4 Å². The van der Waals surface area contributed by atoms with Crippen LogP contribution in [0.3, 0.4) is 0 Å². The van der Waals surface area contributed by atoms with Crippen molar-refractivity contribution < 1.29 is 4.79 Å². The number of hydrogen-bond donors (Lipinski definition) is 1. The fraction of sp³-hybridized carbons (Fsp3) is 0.0938. The number of aryl methyl sites for hydroxylation is 1. The molecule has 4 aromatic rings. The predicted molar refractivity (Wildman–Crippen MR) is 158 cm³/mol. The normalized spacial score (nSPS) is 19.2. The quantitative estimate of drug-likeness (QED) is 0.295. The molecule has 38 heavy (non-hydrogen) atoms. The van der Waals surface area contributed by atoms with Gasteiger partial charge in [0.2, 0.25) is 0 Å². The second-order valence-corrected chi connectivity index (χ2v) is 10.3. The summed E-state index contributed by atoms with van der Waals surface area (Å²) in [5.41, 5.74) is 7.41. The third kappa shape index (κ3) is 5.17. The van der Waals surface area contributed by atoms with Gasteiger partial charge in [0.15, 0.2) is 0 Å². The fourth-order valence-corrected chi connectivity index (χ4v) is 5.44. The van der Waals surface area contributed by atoms with Crippen LogP contribution >= 0.6 is 11.8 Å². The molecule has 0 aliphatic carbocycles. The Hall–Kier alpha value is -4.42. The highest BCUT2D eigenvalue weighted by atomic mass is 32.2. The van der Waals surface area contributed by atoms with Crippen molar-refractivity contribution >= 4 is 46.0 Å². The number of nitrogens with one attached hydrogen (secondary N) is 1. The van der Waals surface area contributed by atoms with Gasteiger partial charge in [-0.3, -0.25) is 9.80 Å². The van der Waals surface area contributed by atoms with Crippen molar-refractivity contribution in [3.8, 4) is 0 Å². The second-order valence-electron chi connectivity index (χ2n) is 9.30. The lowest BCUT2D eigenvalue weighted by Crippen LogP contribution is -2.18. The minimum absolute atomic E-state index is 0.121. The summed E-state index contributed by atoms with van der Waals surface area (Å²) >= 11 is 1.17. The van der Waals surface area contributed by atoms with Crippen LogP contribution in [0.25, 0.3) is 6.08 Å². The van der Waals surface area contributed by atoms with Gasteiger partial charge in [0, 0.05) is 6.42 Å². The van der Waals surface area contributed by atoms with Crippen LogP contribution in [0.5, 0.6) is 0 Å². The lowest BCUT2D eigenvalue weighted by Gasteiger charge is -2.24. The Kier molecular flexibility index (Phi) is 6.63. The first-order valence-electron chi connectivity index (χ1n) is 12.6. The van der Waals surface area contributed by atoms with E-state index in [9.17, 15) is 4.79 Å². The Labute approximate surface area is 226 Å². The molecule has 1 atom stereocenters. The minimum atomic E-state index is -0.121. The zero-order chi connectivity index (χ0) is 25.9. The number of rotatable bonds is 5. The molecular formula is C32H26N4OS. The molecule has 0 radical (unpaired) electrons. The third-order valence-electron chi connectivity index (χ3n) is 6.56. The summed E-state index contributed by atoms with van der Waals surface area (Å²) < 4.78 is 0. The zero-order valence-corrected chi connectivity index (χ0v) is 21.7. The van der Waals surface area contributed by atoms with Gasteiger partial charge >= 0.3 is 0 Å². The first-order valence-corrected chi connectivity index (χ1v) is 13.4. The first-order chi connectivity index (χ1) is 18.6. The van der Waals surface area contributed by atoms with Crippen LogP contribution < -0.4 is 10.3 Å². The van der Waals surface area contributed by atoms with Crippen molar-refractivity contribution in [3.63, 3.8) is 0 Å². The molecule has 6 heteroatoms. The molecule has 0 aromatic heterocycles. The monoisotopic (exact) mass is 514 g/mol. The molecule has 1 N–H and O–H groups in total. The highest BCUT2D eigenvalue weighted by Crippen LogP contribution is 2.37. The van der Waals surface area contributed by atoms with E-state index in [0.29, 0.717) is 5.84 Å². The number of benzene rings is 4. The molecule has 1 saturated heterocycles. The maximum Gasteiger partial charge on any atom is 0.289 e. The maximum atomic E-state index is 12.2. The molecule has 0 saturated carbocycles. The smallest absolute Gasteiger partial charge is 0.289 e. The average Bonchev–Trinajstić information content (AvgIpc) is 3.54. The third-order valence-corrected chi connectivity index (χ3v) is 7.37. The van der Waals surface area contributed by atoms with Crippen molar-refractivity contribution in [2.24, 2.45) is 10.1 Å². The minimum Gasteiger partial charge on any atom is -0.300 e. The van der Waals surface area contributed by atoms with Crippen LogP contribution in [-0.2, 0) is 0 Å². The zero-order valence-electron chi connectivity index (χ0n) is 20.9. The number of aliphatic imine (C=N–C) groups is 1. The molecule has 2 aliphatic heterocycles. The van der Waals surface area contributed by atoms with Gasteiger partial charge < -0.3 is 5.32 Å². The number of amidine groups is 1.